The first-order valence-electron chi connectivity index (χ1n) is 7.22. The lowest BCUT2D eigenvalue weighted by Gasteiger charge is -2.17. The Morgan fingerprint density at radius 3 is 2.32 bits per heavy atom. The molecule has 0 atom stereocenters. The van der Waals surface area contributed by atoms with Crippen molar-refractivity contribution < 1.29 is 4.79 Å². The Morgan fingerprint density at radius 1 is 1.32 bits per heavy atom. The van der Waals surface area contributed by atoms with Gasteiger partial charge in [-0.25, -0.2) is 0 Å². The number of H-pyrrole nitrogens is 1. The van der Waals surface area contributed by atoms with E-state index in [-0.39, 0.29) is 11.8 Å². The monoisotopic (exact) mass is 262 g/mol. The summed E-state index contributed by atoms with van der Waals surface area (Å²) in [6, 6.07) is 0.339. The molecule has 0 radical (unpaired) electrons. The van der Waals surface area contributed by atoms with E-state index in [1.54, 1.807) is 0 Å². The average Bonchev–Trinajstić information content (AvgIpc) is 3.24. The summed E-state index contributed by atoms with van der Waals surface area (Å²) >= 11 is 0. The molecule has 1 amide bonds. The Balaban J connectivity index is 1.72. The van der Waals surface area contributed by atoms with Gasteiger partial charge in [0.15, 0.2) is 5.69 Å². The van der Waals surface area contributed by atoms with E-state index >= 15 is 0 Å². The molecule has 0 aromatic carbocycles. The van der Waals surface area contributed by atoms with Crippen molar-refractivity contribution in [2.45, 2.75) is 51.5 Å². The lowest BCUT2D eigenvalue weighted by Crippen LogP contribution is -2.38. The summed E-state index contributed by atoms with van der Waals surface area (Å²) < 4.78 is 0. The number of anilines is 1. The van der Waals surface area contributed by atoms with Crippen LogP contribution in [0.15, 0.2) is 0 Å². The fourth-order valence-corrected chi connectivity index (χ4v) is 2.73. The number of amides is 1. The van der Waals surface area contributed by atoms with Gasteiger partial charge in [0.25, 0.3) is 5.91 Å². The number of aromatic nitrogens is 2. The van der Waals surface area contributed by atoms with E-state index in [1.165, 1.54) is 25.7 Å². The number of hydrogen-bond acceptors (Lipinski definition) is 3. The van der Waals surface area contributed by atoms with E-state index in [2.05, 4.69) is 15.5 Å². The zero-order chi connectivity index (χ0) is 13.6. The maximum Gasteiger partial charge on any atom is 0.274 e. The molecule has 104 valence electrons. The minimum Gasteiger partial charge on any atom is -0.395 e. The molecular formula is C14H22N4O. The molecule has 0 bridgehead atoms. The number of carbonyl (C=O) groups excluding carboxylic acids is 1. The van der Waals surface area contributed by atoms with Gasteiger partial charge in [0, 0.05) is 6.04 Å². The van der Waals surface area contributed by atoms with Gasteiger partial charge >= 0.3 is 0 Å². The number of nitrogen functional groups attached to an aromatic ring is 1. The van der Waals surface area contributed by atoms with Crippen LogP contribution in [0.3, 0.4) is 0 Å². The van der Waals surface area contributed by atoms with Crippen molar-refractivity contribution in [2.75, 3.05) is 5.73 Å². The Bertz CT molecular complexity index is 474. The van der Waals surface area contributed by atoms with E-state index in [1.807, 2.05) is 13.8 Å². The molecular weight excluding hydrogens is 240 g/mol. The Labute approximate surface area is 113 Å². The minimum absolute atomic E-state index is 0.121. The fraction of sp³-hybridized carbons (Fsp3) is 0.714. The quantitative estimate of drug-likeness (QED) is 0.759. The van der Waals surface area contributed by atoms with E-state index in [9.17, 15) is 4.79 Å². The van der Waals surface area contributed by atoms with Crippen LogP contribution in [-0.4, -0.2) is 22.1 Å². The Kier molecular flexibility index (Phi) is 2.99. The van der Waals surface area contributed by atoms with Gasteiger partial charge in [0.05, 0.1) is 11.4 Å². The summed E-state index contributed by atoms with van der Waals surface area (Å²) in [6.07, 6.45) is 4.98. The number of aromatic amines is 1. The minimum atomic E-state index is -0.121. The molecule has 2 saturated carbocycles. The summed E-state index contributed by atoms with van der Waals surface area (Å²) in [6.45, 7) is 4.06. The summed E-state index contributed by atoms with van der Waals surface area (Å²) in [5, 5.41) is 10.1. The third kappa shape index (κ3) is 2.46. The van der Waals surface area contributed by atoms with Crippen molar-refractivity contribution in [1.82, 2.24) is 15.5 Å². The second-order valence-corrected chi connectivity index (χ2v) is 6.23. The standard InChI is InChI=1S/C14H22N4O/c1-7(2)11-10(15)13(18-17-11)14(19)16-12(8-3-4-8)9-5-6-9/h7-9,12H,3-6,15H2,1-2H3,(H,16,19)(H,17,18). The number of rotatable bonds is 5. The molecule has 0 spiro atoms. The van der Waals surface area contributed by atoms with E-state index in [4.69, 9.17) is 5.73 Å². The smallest absolute Gasteiger partial charge is 0.274 e. The topological polar surface area (TPSA) is 83.8 Å². The molecule has 0 unspecified atom stereocenters. The summed E-state index contributed by atoms with van der Waals surface area (Å²) in [5.41, 5.74) is 7.71. The number of nitrogens with one attached hydrogen (secondary N) is 2. The molecule has 1 heterocycles. The molecule has 0 saturated heterocycles. The Hall–Kier alpha value is -1.52. The number of hydrogen-bond donors (Lipinski definition) is 3. The molecule has 1 aromatic rings. The molecule has 4 N–H and O–H groups in total. The predicted octanol–water partition coefficient (Wildman–Crippen LogP) is 2.03. The third-order valence-electron chi connectivity index (χ3n) is 4.18. The fourth-order valence-electron chi connectivity index (χ4n) is 2.73. The van der Waals surface area contributed by atoms with Crippen molar-refractivity contribution in [3.8, 4) is 0 Å². The molecule has 0 aliphatic heterocycles. The Morgan fingerprint density at radius 2 is 1.89 bits per heavy atom. The van der Waals surface area contributed by atoms with Gasteiger partial charge in [-0.2, -0.15) is 5.10 Å². The van der Waals surface area contributed by atoms with Crippen molar-refractivity contribution in [1.29, 1.82) is 0 Å². The third-order valence-corrected chi connectivity index (χ3v) is 4.18. The highest BCUT2D eigenvalue weighted by atomic mass is 16.2. The van der Waals surface area contributed by atoms with Gasteiger partial charge in [0.2, 0.25) is 0 Å². The van der Waals surface area contributed by atoms with Crippen LogP contribution >= 0.6 is 0 Å². The lowest BCUT2D eigenvalue weighted by atomic mass is 10.1. The summed E-state index contributed by atoms with van der Waals surface area (Å²) in [4.78, 5) is 12.3. The highest BCUT2D eigenvalue weighted by molar-refractivity contribution is 5.97. The largest absolute Gasteiger partial charge is 0.395 e. The normalized spacial score (nSPS) is 19.2. The molecule has 2 aliphatic carbocycles. The first kappa shape index (κ1) is 12.5. The maximum absolute atomic E-state index is 12.3. The van der Waals surface area contributed by atoms with Gasteiger partial charge < -0.3 is 11.1 Å². The van der Waals surface area contributed by atoms with Gasteiger partial charge in [0.1, 0.15) is 0 Å². The predicted molar refractivity (Wildman–Crippen MR) is 73.8 cm³/mol. The average molecular weight is 262 g/mol. The van der Waals surface area contributed by atoms with Crippen LogP contribution in [0, 0.1) is 11.8 Å². The van der Waals surface area contributed by atoms with Crippen molar-refractivity contribution in [3.05, 3.63) is 11.4 Å². The number of nitrogens with two attached hydrogens (primary N) is 1. The van der Waals surface area contributed by atoms with Crippen LogP contribution in [0.5, 0.6) is 0 Å². The highest BCUT2D eigenvalue weighted by Gasteiger charge is 2.42. The second-order valence-electron chi connectivity index (χ2n) is 6.23. The zero-order valence-electron chi connectivity index (χ0n) is 11.6. The van der Waals surface area contributed by atoms with E-state index in [0.29, 0.717) is 29.3 Å². The van der Waals surface area contributed by atoms with Gasteiger partial charge in [-0.15, -0.1) is 0 Å². The first-order chi connectivity index (χ1) is 9.08. The summed E-state index contributed by atoms with van der Waals surface area (Å²) in [5.74, 6) is 1.49. The van der Waals surface area contributed by atoms with Crippen LogP contribution in [0.2, 0.25) is 0 Å². The molecule has 5 nitrogen and oxygen atoms in total. The number of carbonyl (C=O) groups is 1. The molecule has 2 fully saturated rings. The van der Waals surface area contributed by atoms with Crippen LogP contribution in [0.25, 0.3) is 0 Å². The lowest BCUT2D eigenvalue weighted by molar-refractivity contribution is 0.0922. The number of nitrogens with zero attached hydrogens (tertiary/aromatic N) is 1. The first-order valence-corrected chi connectivity index (χ1v) is 7.22. The maximum atomic E-state index is 12.3. The molecule has 19 heavy (non-hydrogen) atoms. The highest BCUT2D eigenvalue weighted by Crippen LogP contribution is 2.44. The zero-order valence-corrected chi connectivity index (χ0v) is 11.6. The van der Waals surface area contributed by atoms with Crippen LogP contribution in [0.1, 0.15) is 61.6 Å². The van der Waals surface area contributed by atoms with E-state index in [0.717, 1.165) is 5.69 Å². The molecule has 2 aliphatic rings. The van der Waals surface area contributed by atoms with Crippen LogP contribution in [-0.2, 0) is 0 Å². The van der Waals surface area contributed by atoms with Crippen LogP contribution < -0.4 is 11.1 Å². The van der Waals surface area contributed by atoms with Gasteiger partial charge in [-0.3, -0.25) is 9.89 Å². The van der Waals surface area contributed by atoms with Crippen molar-refractivity contribution >= 4 is 11.6 Å². The van der Waals surface area contributed by atoms with Crippen molar-refractivity contribution in [2.24, 2.45) is 11.8 Å². The molecule has 1 aromatic heterocycles. The molecule has 3 rings (SSSR count). The van der Waals surface area contributed by atoms with Gasteiger partial charge in [-0.05, 0) is 43.4 Å². The van der Waals surface area contributed by atoms with Gasteiger partial charge in [-0.1, -0.05) is 13.8 Å². The summed E-state index contributed by atoms with van der Waals surface area (Å²) in [7, 11) is 0. The second kappa shape index (κ2) is 4.54. The SMILES string of the molecule is CC(C)c1[nH]nc(C(=O)NC(C2CC2)C2CC2)c1N. The van der Waals surface area contributed by atoms with E-state index < -0.39 is 0 Å². The molecule has 5 heteroatoms. The van der Waals surface area contributed by atoms with Crippen LogP contribution in [0.4, 0.5) is 5.69 Å². The van der Waals surface area contributed by atoms with Crippen molar-refractivity contribution in [3.63, 3.8) is 0 Å².